The highest BCUT2D eigenvalue weighted by atomic mass is 35.5. The zero-order valence-corrected chi connectivity index (χ0v) is 13.0. The van der Waals surface area contributed by atoms with Gasteiger partial charge < -0.3 is 9.84 Å². The first-order valence-electron chi connectivity index (χ1n) is 6.44. The lowest BCUT2D eigenvalue weighted by Crippen LogP contribution is -2.18. The number of hydrogen-bond donors (Lipinski definition) is 1. The smallest absolute Gasteiger partial charge is 0.303 e. The van der Waals surface area contributed by atoms with Gasteiger partial charge in [0.1, 0.15) is 11.6 Å². The van der Waals surface area contributed by atoms with E-state index in [2.05, 4.69) is 0 Å². The van der Waals surface area contributed by atoms with E-state index >= 15 is 0 Å². The Bertz CT molecular complexity index is 555. The third-order valence-corrected chi connectivity index (χ3v) is 3.49. The molecule has 0 aliphatic carbocycles. The molecule has 4 nitrogen and oxygen atoms in total. The van der Waals surface area contributed by atoms with E-state index in [0.29, 0.717) is 6.42 Å². The summed E-state index contributed by atoms with van der Waals surface area (Å²) < 4.78 is 18.3. The first kappa shape index (κ1) is 17.4. The molecular formula is C15H18ClFO4. The lowest BCUT2D eigenvalue weighted by atomic mass is 9.83. The Balaban J connectivity index is 2.85. The molecule has 0 unspecified atom stereocenters. The molecular weight excluding hydrogens is 299 g/mol. The molecule has 0 saturated carbocycles. The average Bonchev–Trinajstić information content (AvgIpc) is 2.37. The van der Waals surface area contributed by atoms with E-state index < -0.39 is 17.2 Å². The van der Waals surface area contributed by atoms with E-state index in [4.69, 9.17) is 21.4 Å². The van der Waals surface area contributed by atoms with Gasteiger partial charge in [0.05, 0.1) is 24.1 Å². The second-order valence-electron chi connectivity index (χ2n) is 5.62. The van der Waals surface area contributed by atoms with Gasteiger partial charge >= 0.3 is 5.97 Å². The second kappa shape index (κ2) is 6.89. The van der Waals surface area contributed by atoms with Gasteiger partial charge in [-0.25, -0.2) is 4.39 Å². The number of Topliss-reactive ketones (excluding diaryl/α,β-unsaturated/α-hetero) is 1. The summed E-state index contributed by atoms with van der Waals surface area (Å²) in [4.78, 5) is 23.0. The Hall–Kier alpha value is -1.62. The first-order valence-corrected chi connectivity index (χ1v) is 6.82. The van der Waals surface area contributed by atoms with E-state index in [0.717, 1.165) is 6.07 Å². The van der Waals surface area contributed by atoms with Gasteiger partial charge in [0.2, 0.25) is 0 Å². The van der Waals surface area contributed by atoms with Crippen molar-refractivity contribution in [2.45, 2.75) is 33.1 Å². The number of benzene rings is 1. The Morgan fingerprint density at radius 3 is 2.52 bits per heavy atom. The molecule has 1 aromatic carbocycles. The van der Waals surface area contributed by atoms with Crippen LogP contribution in [0.1, 0.15) is 43.5 Å². The van der Waals surface area contributed by atoms with Gasteiger partial charge in [0.15, 0.2) is 5.78 Å². The normalized spacial score (nSPS) is 11.3. The van der Waals surface area contributed by atoms with Crippen molar-refractivity contribution in [3.8, 4) is 5.75 Å². The molecule has 21 heavy (non-hydrogen) atoms. The minimum Gasteiger partial charge on any atom is -0.496 e. The number of carboxylic acid groups (broad SMARTS) is 1. The molecule has 1 rings (SSSR count). The number of carboxylic acids is 1. The van der Waals surface area contributed by atoms with Crippen molar-refractivity contribution in [3.05, 3.63) is 28.5 Å². The van der Waals surface area contributed by atoms with Crippen molar-refractivity contribution in [1.82, 2.24) is 0 Å². The summed E-state index contributed by atoms with van der Waals surface area (Å²) in [5.74, 6) is -1.70. The average molecular weight is 317 g/mol. The fraction of sp³-hybridized carbons (Fsp3) is 0.467. The predicted molar refractivity (Wildman–Crippen MR) is 77.6 cm³/mol. The maximum atomic E-state index is 13.3. The highest BCUT2D eigenvalue weighted by molar-refractivity contribution is 6.31. The van der Waals surface area contributed by atoms with Crippen LogP contribution >= 0.6 is 11.6 Å². The summed E-state index contributed by atoms with van der Waals surface area (Å²) in [5, 5.41) is 8.67. The Morgan fingerprint density at radius 1 is 1.38 bits per heavy atom. The molecule has 0 atom stereocenters. The number of ether oxygens (including phenoxy) is 1. The van der Waals surface area contributed by atoms with E-state index in [1.807, 2.05) is 0 Å². The lowest BCUT2D eigenvalue weighted by molar-refractivity contribution is -0.139. The van der Waals surface area contributed by atoms with Crippen LogP contribution in [0.3, 0.4) is 0 Å². The molecule has 0 amide bonds. The van der Waals surface area contributed by atoms with E-state index in [-0.39, 0.29) is 35.0 Å². The number of hydrogen-bond acceptors (Lipinski definition) is 3. The third kappa shape index (κ3) is 5.01. The van der Waals surface area contributed by atoms with Crippen LogP contribution in [0.25, 0.3) is 0 Å². The molecule has 1 N–H and O–H groups in total. The Kier molecular flexibility index (Phi) is 5.72. The van der Waals surface area contributed by atoms with Crippen molar-refractivity contribution in [2.24, 2.45) is 5.41 Å². The second-order valence-corrected chi connectivity index (χ2v) is 6.03. The number of halogens is 2. The highest BCUT2D eigenvalue weighted by Crippen LogP contribution is 2.31. The standard InChI is InChI=1S/C15H18ClFO4/c1-15(2,8-14(19)20)5-4-12(18)9-6-10(16)11(17)7-13(9)21-3/h6-7H,4-5,8H2,1-3H3,(H,19,20). The van der Waals surface area contributed by atoms with Crippen LogP contribution in [0.4, 0.5) is 4.39 Å². The van der Waals surface area contributed by atoms with Crippen LogP contribution in [0.5, 0.6) is 5.75 Å². The van der Waals surface area contributed by atoms with Crippen LogP contribution in [-0.2, 0) is 4.79 Å². The number of carbonyl (C=O) groups is 2. The van der Waals surface area contributed by atoms with Crippen LogP contribution in [-0.4, -0.2) is 24.0 Å². The molecule has 0 aliphatic rings. The molecule has 0 aliphatic heterocycles. The van der Waals surface area contributed by atoms with E-state index in [1.54, 1.807) is 13.8 Å². The van der Waals surface area contributed by atoms with Crippen LogP contribution < -0.4 is 4.74 Å². The maximum absolute atomic E-state index is 13.3. The molecule has 116 valence electrons. The van der Waals surface area contributed by atoms with Crippen molar-refractivity contribution < 1.29 is 23.8 Å². The molecule has 0 spiro atoms. The van der Waals surface area contributed by atoms with Gasteiger partial charge in [0.25, 0.3) is 0 Å². The Morgan fingerprint density at radius 2 is 2.00 bits per heavy atom. The lowest BCUT2D eigenvalue weighted by Gasteiger charge is -2.21. The summed E-state index contributed by atoms with van der Waals surface area (Å²) in [6.07, 6.45) is 0.510. The number of ketones is 1. The molecule has 0 radical (unpaired) electrons. The summed E-state index contributed by atoms with van der Waals surface area (Å²) >= 11 is 5.69. The quantitative estimate of drug-likeness (QED) is 0.774. The Labute approximate surface area is 127 Å². The fourth-order valence-electron chi connectivity index (χ4n) is 2.00. The summed E-state index contributed by atoms with van der Waals surface area (Å²) in [6.45, 7) is 3.56. The van der Waals surface area contributed by atoms with Crippen molar-refractivity contribution >= 4 is 23.4 Å². The molecule has 0 aromatic heterocycles. The summed E-state index contributed by atoms with van der Waals surface area (Å²) in [6, 6.07) is 2.31. The maximum Gasteiger partial charge on any atom is 0.303 e. The molecule has 1 aromatic rings. The van der Waals surface area contributed by atoms with E-state index in [9.17, 15) is 14.0 Å². The SMILES string of the molecule is COc1cc(F)c(Cl)cc1C(=O)CCC(C)(C)CC(=O)O. The third-order valence-electron chi connectivity index (χ3n) is 3.20. The van der Waals surface area contributed by atoms with Crippen LogP contribution in [0.2, 0.25) is 5.02 Å². The molecule has 6 heteroatoms. The van der Waals surface area contributed by atoms with Gasteiger partial charge in [-0.15, -0.1) is 0 Å². The number of aliphatic carboxylic acids is 1. The van der Waals surface area contributed by atoms with Gasteiger partial charge in [0, 0.05) is 12.5 Å². The molecule has 0 bridgehead atoms. The van der Waals surface area contributed by atoms with Crippen molar-refractivity contribution in [3.63, 3.8) is 0 Å². The van der Waals surface area contributed by atoms with E-state index in [1.165, 1.54) is 13.2 Å². The molecule has 0 saturated heterocycles. The first-order chi connectivity index (χ1) is 9.66. The van der Waals surface area contributed by atoms with Crippen LogP contribution in [0.15, 0.2) is 12.1 Å². The van der Waals surface area contributed by atoms with Gasteiger partial charge in [-0.1, -0.05) is 25.4 Å². The van der Waals surface area contributed by atoms with Crippen molar-refractivity contribution in [2.75, 3.05) is 7.11 Å². The van der Waals surface area contributed by atoms with Crippen molar-refractivity contribution in [1.29, 1.82) is 0 Å². The predicted octanol–water partition coefficient (Wildman–Crippen LogP) is 3.95. The minimum atomic E-state index is -0.908. The van der Waals surface area contributed by atoms with Crippen LogP contribution in [0, 0.1) is 11.2 Å². The number of carbonyl (C=O) groups excluding carboxylic acids is 1. The summed E-state index contributed by atoms with van der Waals surface area (Å²) in [7, 11) is 1.34. The van der Waals surface area contributed by atoms with Gasteiger partial charge in [-0.05, 0) is 17.9 Å². The van der Waals surface area contributed by atoms with Gasteiger partial charge in [-0.3, -0.25) is 9.59 Å². The number of rotatable bonds is 7. The largest absolute Gasteiger partial charge is 0.496 e. The highest BCUT2D eigenvalue weighted by Gasteiger charge is 2.24. The van der Waals surface area contributed by atoms with Gasteiger partial charge in [-0.2, -0.15) is 0 Å². The number of methoxy groups -OCH3 is 1. The zero-order chi connectivity index (χ0) is 16.2. The topological polar surface area (TPSA) is 63.6 Å². The monoisotopic (exact) mass is 316 g/mol. The molecule has 0 fully saturated rings. The molecule has 0 heterocycles. The zero-order valence-electron chi connectivity index (χ0n) is 12.2. The fourth-order valence-corrected chi connectivity index (χ4v) is 2.16. The minimum absolute atomic E-state index is 0.0262. The summed E-state index contributed by atoms with van der Waals surface area (Å²) in [5.41, 5.74) is -0.298.